The average molecular weight is 357 g/mol. The first-order chi connectivity index (χ1) is 11.6. The Bertz CT molecular complexity index is 901. The number of nitro groups is 1. The van der Waals surface area contributed by atoms with Crippen molar-refractivity contribution in [1.29, 1.82) is 0 Å². The molecule has 0 spiro atoms. The summed E-state index contributed by atoms with van der Waals surface area (Å²) in [5.41, 5.74) is 1.22. The van der Waals surface area contributed by atoms with Crippen molar-refractivity contribution in [3.8, 4) is 11.3 Å². The summed E-state index contributed by atoms with van der Waals surface area (Å²) in [7, 11) is 0. The maximum absolute atomic E-state index is 11.9. The van der Waals surface area contributed by atoms with Gasteiger partial charge >= 0.3 is 0 Å². The van der Waals surface area contributed by atoms with E-state index in [-0.39, 0.29) is 11.6 Å². The number of hydrogen-bond acceptors (Lipinski definition) is 6. The fourth-order valence-electron chi connectivity index (χ4n) is 1.93. The molecule has 2 heterocycles. The monoisotopic (exact) mass is 357 g/mol. The van der Waals surface area contributed by atoms with Crippen molar-refractivity contribution in [2.75, 3.05) is 5.32 Å². The highest BCUT2D eigenvalue weighted by Gasteiger charge is 2.10. The van der Waals surface area contributed by atoms with Gasteiger partial charge in [0, 0.05) is 34.0 Å². The molecule has 0 bridgehead atoms. The number of nitrogens with zero attached hydrogens (tertiary/aromatic N) is 2. The number of non-ortho nitro benzene ring substituents is 1. The second-order valence-electron chi connectivity index (χ2n) is 4.68. The molecule has 0 radical (unpaired) electrons. The normalized spacial score (nSPS) is 10.8. The fourth-order valence-corrected chi connectivity index (χ4v) is 3.27. The summed E-state index contributed by atoms with van der Waals surface area (Å²) in [6, 6.07) is 10.1. The van der Waals surface area contributed by atoms with Gasteiger partial charge in [-0.25, -0.2) is 4.98 Å². The average Bonchev–Trinajstić information content (AvgIpc) is 3.25. The number of nitrogens with one attached hydrogen (secondary N) is 1. The molecular formula is C16H11N3O3S2. The Labute approximate surface area is 145 Å². The minimum Gasteiger partial charge on any atom is -0.298 e. The van der Waals surface area contributed by atoms with E-state index in [2.05, 4.69) is 10.3 Å². The zero-order chi connectivity index (χ0) is 16.9. The second kappa shape index (κ2) is 7.16. The SMILES string of the molecule is O=C(/C=C/c1cccs1)Nc1nc(-c2cccc([N+](=O)[O-])c2)cs1. The van der Waals surface area contributed by atoms with Crippen LogP contribution < -0.4 is 5.32 Å². The zero-order valence-electron chi connectivity index (χ0n) is 12.2. The van der Waals surface area contributed by atoms with Crippen LogP contribution in [-0.2, 0) is 4.79 Å². The highest BCUT2D eigenvalue weighted by molar-refractivity contribution is 7.14. The molecule has 3 rings (SSSR count). The molecule has 1 aromatic carbocycles. The molecule has 0 aliphatic rings. The molecule has 0 saturated carbocycles. The van der Waals surface area contributed by atoms with Crippen LogP contribution in [0.25, 0.3) is 17.3 Å². The number of thiazole rings is 1. The van der Waals surface area contributed by atoms with Gasteiger partial charge in [0.1, 0.15) is 0 Å². The van der Waals surface area contributed by atoms with Gasteiger partial charge in [-0.15, -0.1) is 22.7 Å². The van der Waals surface area contributed by atoms with E-state index < -0.39 is 4.92 Å². The molecule has 1 N–H and O–H groups in total. The smallest absolute Gasteiger partial charge is 0.270 e. The van der Waals surface area contributed by atoms with Crippen LogP contribution in [0.2, 0.25) is 0 Å². The minimum atomic E-state index is -0.450. The third-order valence-corrected chi connectivity index (χ3v) is 4.62. The van der Waals surface area contributed by atoms with Crippen LogP contribution >= 0.6 is 22.7 Å². The number of carbonyl (C=O) groups excluding carboxylic acids is 1. The Kier molecular flexibility index (Phi) is 4.78. The molecule has 3 aromatic rings. The van der Waals surface area contributed by atoms with Crippen molar-refractivity contribution in [3.05, 3.63) is 68.2 Å². The van der Waals surface area contributed by atoms with E-state index in [0.29, 0.717) is 16.4 Å². The molecular weight excluding hydrogens is 346 g/mol. The summed E-state index contributed by atoms with van der Waals surface area (Å²) in [5.74, 6) is -0.275. The van der Waals surface area contributed by atoms with Crippen LogP contribution in [0.3, 0.4) is 0 Å². The minimum absolute atomic E-state index is 0.00460. The summed E-state index contributed by atoms with van der Waals surface area (Å²) in [6.45, 7) is 0. The molecule has 0 atom stereocenters. The van der Waals surface area contributed by atoms with Crippen molar-refractivity contribution >= 4 is 45.5 Å². The molecule has 24 heavy (non-hydrogen) atoms. The van der Waals surface area contributed by atoms with E-state index in [1.807, 2.05) is 17.5 Å². The first kappa shape index (κ1) is 16.0. The van der Waals surface area contributed by atoms with Crippen LogP contribution in [0.4, 0.5) is 10.8 Å². The predicted molar refractivity (Wildman–Crippen MR) is 96.2 cm³/mol. The predicted octanol–water partition coefficient (Wildman–Crippen LogP) is 4.43. The molecule has 6 nitrogen and oxygen atoms in total. The lowest BCUT2D eigenvalue weighted by atomic mass is 10.1. The van der Waals surface area contributed by atoms with Gasteiger partial charge in [0.2, 0.25) is 5.91 Å². The largest absolute Gasteiger partial charge is 0.298 e. The highest BCUT2D eigenvalue weighted by Crippen LogP contribution is 2.27. The van der Waals surface area contributed by atoms with Gasteiger partial charge in [-0.05, 0) is 17.5 Å². The fraction of sp³-hybridized carbons (Fsp3) is 0. The van der Waals surface area contributed by atoms with Crippen LogP contribution in [0, 0.1) is 10.1 Å². The third-order valence-electron chi connectivity index (χ3n) is 3.03. The molecule has 8 heteroatoms. The van der Waals surface area contributed by atoms with Crippen molar-refractivity contribution in [2.45, 2.75) is 0 Å². The molecule has 2 aromatic heterocycles. The summed E-state index contributed by atoms with van der Waals surface area (Å²) >= 11 is 2.81. The number of thiophene rings is 1. The number of anilines is 1. The van der Waals surface area contributed by atoms with Gasteiger partial charge in [-0.3, -0.25) is 20.2 Å². The lowest BCUT2D eigenvalue weighted by Gasteiger charge is -1.97. The first-order valence-corrected chi connectivity index (χ1v) is 8.61. The molecule has 1 amide bonds. The lowest BCUT2D eigenvalue weighted by molar-refractivity contribution is -0.384. The van der Waals surface area contributed by atoms with Crippen molar-refractivity contribution < 1.29 is 9.72 Å². The highest BCUT2D eigenvalue weighted by atomic mass is 32.1. The summed E-state index contributed by atoms with van der Waals surface area (Å²) < 4.78 is 0. The number of carbonyl (C=O) groups is 1. The van der Waals surface area contributed by atoms with Gasteiger partial charge in [-0.1, -0.05) is 18.2 Å². The van der Waals surface area contributed by atoms with E-state index in [4.69, 9.17) is 0 Å². The Morgan fingerprint density at radius 2 is 2.12 bits per heavy atom. The lowest BCUT2D eigenvalue weighted by Crippen LogP contribution is -2.07. The number of benzene rings is 1. The van der Waals surface area contributed by atoms with Crippen LogP contribution in [0.5, 0.6) is 0 Å². The van der Waals surface area contributed by atoms with Gasteiger partial charge < -0.3 is 0 Å². The maximum Gasteiger partial charge on any atom is 0.270 e. The standard InChI is InChI=1S/C16H11N3O3S2/c20-15(7-6-13-5-2-8-23-13)18-16-17-14(10-24-16)11-3-1-4-12(9-11)19(21)22/h1-10H,(H,17,18,20)/b7-6+. The quantitative estimate of drug-likeness (QED) is 0.416. The van der Waals surface area contributed by atoms with Gasteiger partial charge in [0.25, 0.3) is 5.69 Å². The molecule has 120 valence electrons. The van der Waals surface area contributed by atoms with Crippen LogP contribution in [0.15, 0.2) is 53.2 Å². The Balaban J connectivity index is 1.70. The van der Waals surface area contributed by atoms with E-state index in [9.17, 15) is 14.9 Å². The summed E-state index contributed by atoms with van der Waals surface area (Å²) in [6.07, 6.45) is 3.18. The second-order valence-corrected chi connectivity index (χ2v) is 6.52. The number of nitro benzene ring substituents is 1. The first-order valence-electron chi connectivity index (χ1n) is 6.85. The van der Waals surface area contributed by atoms with E-state index in [0.717, 1.165) is 4.88 Å². The summed E-state index contributed by atoms with van der Waals surface area (Å²) in [5, 5.41) is 17.6. The van der Waals surface area contributed by atoms with Crippen LogP contribution in [0.1, 0.15) is 4.88 Å². The topological polar surface area (TPSA) is 85.1 Å². The number of aromatic nitrogens is 1. The zero-order valence-corrected chi connectivity index (χ0v) is 13.8. The van der Waals surface area contributed by atoms with Crippen molar-refractivity contribution in [1.82, 2.24) is 4.98 Å². The number of hydrogen-bond donors (Lipinski definition) is 1. The number of rotatable bonds is 5. The maximum atomic E-state index is 11.9. The van der Waals surface area contributed by atoms with Crippen molar-refractivity contribution in [3.63, 3.8) is 0 Å². The third kappa shape index (κ3) is 3.92. The van der Waals surface area contributed by atoms with Gasteiger partial charge in [0.05, 0.1) is 10.6 Å². The van der Waals surface area contributed by atoms with Gasteiger partial charge in [0.15, 0.2) is 5.13 Å². The molecule has 0 fully saturated rings. The van der Waals surface area contributed by atoms with Gasteiger partial charge in [-0.2, -0.15) is 0 Å². The van der Waals surface area contributed by atoms with Crippen LogP contribution in [-0.4, -0.2) is 15.8 Å². The van der Waals surface area contributed by atoms with E-state index >= 15 is 0 Å². The molecule has 0 aliphatic heterocycles. The van der Waals surface area contributed by atoms with Crippen molar-refractivity contribution in [2.24, 2.45) is 0 Å². The van der Waals surface area contributed by atoms with E-state index in [1.54, 1.807) is 34.9 Å². The summed E-state index contributed by atoms with van der Waals surface area (Å²) in [4.78, 5) is 27.5. The molecule has 0 aliphatic carbocycles. The van der Waals surface area contributed by atoms with E-state index in [1.165, 1.54) is 29.5 Å². The Morgan fingerprint density at radius 3 is 2.88 bits per heavy atom. The Morgan fingerprint density at radius 1 is 1.25 bits per heavy atom. The molecule has 0 unspecified atom stereocenters. The molecule has 0 saturated heterocycles. The Hall–Kier alpha value is -2.84. The number of amides is 1.